The zero-order chi connectivity index (χ0) is 20.4. The molecule has 2 aromatic rings. The summed E-state index contributed by atoms with van der Waals surface area (Å²) in [7, 11) is 0. The first-order valence-corrected chi connectivity index (χ1v) is 9.41. The van der Waals surface area contributed by atoms with Gasteiger partial charge in [-0.3, -0.25) is 14.2 Å². The van der Waals surface area contributed by atoms with E-state index in [1.165, 1.54) is 20.6 Å². The number of carbonyl (C=O) groups is 2. The second kappa shape index (κ2) is 7.96. The van der Waals surface area contributed by atoms with E-state index in [4.69, 9.17) is 0 Å². The summed E-state index contributed by atoms with van der Waals surface area (Å²) in [5.41, 5.74) is 4.31. The molecule has 1 aliphatic rings. The van der Waals surface area contributed by atoms with Crippen LogP contribution in [0.1, 0.15) is 28.1 Å². The maximum Gasteiger partial charge on any atom is 0.348 e. The second-order valence-electron chi connectivity index (χ2n) is 7.53. The monoisotopic (exact) mass is 382 g/mol. The van der Waals surface area contributed by atoms with Gasteiger partial charge in [-0.15, -0.1) is 0 Å². The average molecular weight is 382 g/mol. The molecule has 7 heteroatoms. The molecule has 3 rings (SSSR count). The lowest BCUT2D eigenvalue weighted by molar-refractivity contribution is -0.146. The van der Waals surface area contributed by atoms with Crippen molar-refractivity contribution >= 4 is 11.8 Å². The highest BCUT2D eigenvalue weighted by molar-refractivity contribution is 5.86. The quantitative estimate of drug-likeness (QED) is 0.800. The Bertz CT molecular complexity index is 960. The largest absolute Gasteiger partial charge is 0.348 e. The highest BCUT2D eigenvalue weighted by atomic mass is 16.2. The molecule has 2 heterocycles. The first kappa shape index (κ1) is 19.8. The van der Waals surface area contributed by atoms with E-state index in [1.54, 1.807) is 24.8 Å². The summed E-state index contributed by atoms with van der Waals surface area (Å²) in [5.74, 6) is -0.319. The van der Waals surface area contributed by atoms with Gasteiger partial charge in [0.05, 0.1) is 6.54 Å². The van der Waals surface area contributed by atoms with Crippen molar-refractivity contribution in [2.24, 2.45) is 0 Å². The lowest BCUT2D eigenvalue weighted by atomic mass is 10.1. The number of rotatable bonds is 4. The van der Waals surface area contributed by atoms with Gasteiger partial charge in [0, 0.05) is 31.0 Å². The number of hydrogen-bond acceptors (Lipinski definition) is 4. The van der Waals surface area contributed by atoms with Crippen molar-refractivity contribution in [2.75, 3.05) is 19.6 Å². The summed E-state index contributed by atoms with van der Waals surface area (Å²) < 4.78 is 1.35. The number of amides is 2. The van der Waals surface area contributed by atoms with Crippen LogP contribution in [-0.2, 0) is 22.7 Å². The minimum absolute atomic E-state index is 0.0384. The molecule has 0 N–H and O–H groups in total. The van der Waals surface area contributed by atoms with E-state index in [-0.39, 0.29) is 24.9 Å². The number of aryl methyl sites for hydroxylation is 4. The van der Waals surface area contributed by atoms with E-state index in [2.05, 4.69) is 23.2 Å². The van der Waals surface area contributed by atoms with Crippen molar-refractivity contribution in [2.45, 2.75) is 40.8 Å². The smallest absolute Gasteiger partial charge is 0.335 e. The van der Waals surface area contributed by atoms with Crippen molar-refractivity contribution in [1.29, 1.82) is 0 Å². The third kappa shape index (κ3) is 4.47. The van der Waals surface area contributed by atoms with Gasteiger partial charge in [0.1, 0.15) is 6.54 Å². The van der Waals surface area contributed by atoms with Crippen LogP contribution in [0.3, 0.4) is 0 Å². The zero-order valence-electron chi connectivity index (χ0n) is 16.9. The van der Waals surface area contributed by atoms with Gasteiger partial charge in [-0.25, -0.2) is 4.79 Å². The molecule has 0 unspecified atom stereocenters. The Morgan fingerprint density at radius 1 is 1.00 bits per heavy atom. The fourth-order valence-electron chi connectivity index (χ4n) is 3.67. The Morgan fingerprint density at radius 2 is 1.68 bits per heavy atom. The molecular formula is C21H26N4O3. The normalized spacial score (nSPS) is 14.5. The van der Waals surface area contributed by atoms with Gasteiger partial charge in [-0.05, 0) is 39.3 Å². The van der Waals surface area contributed by atoms with Gasteiger partial charge in [-0.2, -0.15) is 4.98 Å². The summed E-state index contributed by atoms with van der Waals surface area (Å²) in [4.78, 5) is 44.4. The summed E-state index contributed by atoms with van der Waals surface area (Å²) in [6.07, 6.45) is 0. The zero-order valence-corrected chi connectivity index (χ0v) is 16.9. The number of piperazine rings is 1. The molecule has 0 aliphatic carbocycles. The highest BCUT2D eigenvalue weighted by Crippen LogP contribution is 2.14. The molecular weight excluding hydrogens is 356 g/mol. The predicted molar refractivity (Wildman–Crippen MR) is 106 cm³/mol. The van der Waals surface area contributed by atoms with Crippen molar-refractivity contribution < 1.29 is 9.59 Å². The number of hydrogen-bond donors (Lipinski definition) is 0. The van der Waals surface area contributed by atoms with Crippen LogP contribution in [0, 0.1) is 27.7 Å². The van der Waals surface area contributed by atoms with Crippen LogP contribution in [0.25, 0.3) is 0 Å². The van der Waals surface area contributed by atoms with Crippen LogP contribution >= 0.6 is 0 Å². The maximum atomic E-state index is 12.6. The maximum absolute atomic E-state index is 12.6. The van der Waals surface area contributed by atoms with Crippen molar-refractivity contribution in [3.8, 4) is 0 Å². The molecule has 0 saturated carbocycles. The SMILES string of the molecule is Cc1cc(C)cc(CN2CCN(C(=O)Cn3c(C)cc(C)nc3=O)CC2=O)c1. The van der Waals surface area contributed by atoms with E-state index >= 15 is 0 Å². The van der Waals surface area contributed by atoms with Gasteiger partial charge < -0.3 is 9.80 Å². The molecule has 0 radical (unpaired) electrons. The average Bonchev–Trinajstić information content (AvgIpc) is 2.58. The fourth-order valence-corrected chi connectivity index (χ4v) is 3.67. The predicted octanol–water partition coefficient (Wildman–Crippen LogP) is 1.35. The van der Waals surface area contributed by atoms with Gasteiger partial charge in [0.2, 0.25) is 11.8 Å². The number of nitrogens with zero attached hydrogens (tertiary/aromatic N) is 4. The third-order valence-corrected chi connectivity index (χ3v) is 4.97. The van der Waals surface area contributed by atoms with Gasteiger partial charge >= 0.3 is 5.69 Å². The third-order valence-electron chi connectivity index (χ3n) is 4.97. The molecule has 1 fully saturated rings. The molecule has 1 saturated heterocycles. The van der Waals surface area contributed by atoms with E-state index in [0.29, 0.717) is 31.0 Å². The summed E-state index contributed by atoms with van der Waals surface area (Å²) in [6.45, 7) is 9.03. The number of aromatic nitrogens is 2. The molecule has 0 atom stereocenters. The van der Waals surface area contributed by atoms with Crippen molar-refractivity contribution in [3.05, 3.63) is 62.8 Å². The Kier molecular flexibility index (Phi) is 5.63. The lowest BCUT2D eigenvalue weighted by Crippen LogP contribution is -2.53. The molecule has 0 spiro atoms. The summed E-state index contributed by atoms with van der Waals surface area (Å²) >= 11 is 0. The second-order valence-corrected chi connectivity index (χ2v) is 7.53. The number of carbonyl (C=O) groups excluding carboxylic acids is 2. The topological polar surface area (TPSA) is 75.5 Å². The van der Waals surface area contributed by atoms with Crippen LogP contribution < -0.4 is 5.69 Å². The Balaban J connectivity index is 1.64. The fraction of sp³-hybridized carbons (Fsp3) is 0.429. The van der Waals surface area contributed by atoms with Gasteiger partial charge in [-0.1, -0.05) is 29.3 Å². The first-order chi connectivity index (χ1) is 13.2. The van der Waals surface area contributed by atoms with E-state index < -0.39 is 5.69 Å². The van der Waals surface area contributed by atoms with E-state index in [9.17, 15) is 14.4 Å². The molecule has 148 valence electrons. The van der Waals surface area contributed by atoms with Crippen LogP contribution in [0.15, 0.2) is 29.1 Å². The Hall–Kier alpha value is -2.96. The van der Waals surface area contributed by atoms with Crippen molar-refractivity contribution in [1.82, 2.24) is 19.4 Å². The Morgan fingerprint density at radius 3 is 2.29 bits per heavy atom. The first-order valence-electron chi connectivity index (χ1n) is 9.41. The molecule has 1 aromatic heterocycles. The van der Waals surface area contributed by atoms with E-state index in [0.717, 1.165) is 5.56 Å². The molecule has 2 amide bonds. The Labute approximate surface area is 164 Å². The van der Waals surface area contributed by atoms with E-state index in [1.807, 2.05) is 13.8 Å². The standard InChI is InChI=1S/C21H26N4O3/c1-14-7-15(2)9-18(8-14)11-23-5-6-24(12-19(23)26)20(27)13-25-17(4)10-16(3)22-21(25)28/h7-10H,5-6,11-13H2,1-4H3. The van der Waals surface area contributed by atoms with Crippen LogP contribution in [0.2, 0.25) is 0 Å². The summed E-state index contributed by atoms with van der Waals surface area (Å²) in [6, 6.07) is 8.03. The summed E-state index contributed by atoms with van der Waals surface area (Å²) in [5, 5.41) is 0. The van der Waals surface area contributed by atoms with Crippen LogP contribution in [-0.4, -0.2) is 50.8 Å². The lowest BCUT2D eigenvalue weighted by Gasteiger charge is -2.34. The van der Waals surface area contributed by atoms with Gasteiger partial charge in [0.15, 0.2) is 0 Å². The minimum Gasteiger partial charge on any atom is -0.335 e. The highest BCUT2D eigenvalue weighted by Gasteiger charge is 2.27. The van der Waals surface area contributed by atoms with Gasteiger partial charge in [0.25, 0.3) is 0 Å². The minimum atomic E-state index is -0.439. The molecule has 1 aliphatic heterocycles. The van der Waals surface area contributed by atoms with Crippen LogP contribution in [0.5, 0.6) is 0 Å². The molecule has 7 nitrogen and oxygen atoms in total. The molecule has 0 bridgehead atoms. The van der Waals surface area contributed by atoms with Crippen LogP contribution in [0.4, 0.5) is 0 Å². The molecule has 28 heavy (non-hydrogen) atoms. The molecule has 1 aromatic carbocycles. The number of benzene rings is 1. The van der Waals surface area contributed by atoms with Crippen molar-refractivity contribution in [3.63, 3.8) is 0 Å².